The van der Waals surface area contributed by atoms with Gasteiger partial charge in [0.25, 0.3) is 0 Å². The maximum absolute atomic E-state index is 10.1. The average Bonchev–Trinajstić information content (AvgIpc) is 2.53. The van der Waals surface area contributed by atoms with E-state index in [-0.39, 0.29) is 0 Å². The van der Waals surface area contributed by atoms with Gasteiger partial charge in [-0.25, -0.2) is 0 Å². The molecular weight excluding hydrogens is 280 g/mol. The standard InChI is InChI=1S/C14H13BrO2/c15-13-10-5-2-1-4-9(10)8-11-12(16)6-3-7-17-14(11)13/h1-2,4-5,8,12,16H,3,6-7H2/t12-/m0/s1. The lowest BCUT2D eigenvalue weighted by Crippen LogP contribution is -1.98. The third-order valence-electron chi connectivity index (χ3n) is 3.20. The van der Waals surface area contributed by atoms with Crippen LogP contribution >= 0.6 is 15.9 Å². The molecule has 1 atom stereocenters. The smallest absolute Gasteiger partial charge is 0.139 e. The number of ether oxygens (including phenoxy) is 1. The lowest BCUT2D eigenvalue weighted by molar-refractivity contribution is 0.167. The number of halogens is 1. The second-order valence-electron chi connectivity index (χ2n) is 4.34. The minimum atomic E-state index is -0.423. The number of aliphatic hydroxyl groups excluding tert-OH is 1. The van der Waals surface area contributed by atoms with E-state index in [1.807, 2.05) is 18.2 Å². The summed E-state index contributed by atoms with van der Waals surface area (Å²) in [4.78, 5) is 0. The highest BCUT2D eigenvalue weighted by molar-refractivity contribution is 9.10. The van der Waals surface area contributed by atoms with E-state index < -0.39 is 6.10 Å². The maximum atomic E-state index is 10.1. The van der Waals surface area contributed by atoms with E-state index in [4.69, 9.17) is 4.74 Å². The molecule has 1 N–H and O–H groups in total. The van der Waals surface area contributed by atoms with Gasteiger partial charge in [-0.15, -0.1) is 0 Å². The molecule has 0 spiro atoms. The fraction of sp³-hybridized carbons (Fsp3) is 0.286. The van der Waals surface area contributed by atoms with Crippen molar-refractivity contribution in [2.24, 2.45) is 0 Å². The third-order valence-corrected chi connectivity index (χ3v) is 3.98. The van der Waals surface area contributed by atoms with Crippen LogP contribution in [-0.4, -0.2) is 11.7 Å². The van der Waals surface area contributed by atoms with E-state index in [0.29, 0.717) is 6.61 Å². The van der Waals surface area contributed by atoms with Crippen LogP contribution in [0.2, 0.25) is 0 Å². The molecule has 1 heterocycles. The fourth-order valence-corrected chi connectivity index (χ4v) is 3.01. The molecule has 0 unspecified atom stereocenters. The lowest BCUT2D eigenvalue weighted by atomic mass is 10.0. The minimum absolute atomic E-state index is 0.423. The van der Waals surface area contributed by atoms with Crippen molar-refractivity contribution in [1.29, 1.82) is 0 Å². The lowest BCUT2D eigenvalue weighted by Gasteiger charge is -2.14. The van der Waals surface area contributed by atoms with Gasteiger partial charge in [0.2, 0.25) is 0 Å². The highest BCUT2D eigenvalue weighted by Crippen LogP contribution is 2.41. The average molecular weight is 293 g/mol. The summed E-state index contributed by atoms with van der Waals surface area (Å²) in [6.45, 7) is 0.668. The van der Waals surface area contributed by atoms with Gasteiger partial charge in [0.15, 0.2) is 0 Å². The molecule has 0 saturated carbocycles. The summed E-state index contributed by atoms with van der Waals surface area (Å²) in [6.07, 6.45) is 1.23. The summed E-state index contributed by atoms with van der Waals surface area (Å²) in [7, 11) is 0. The van der Waals surface area contributed by atoms with Crippen molar-refractivity contribution in [2.45, 2.75) is 18.9 Å². The van der Waals surface area contributed by atoms with Gasteiger partial charge in [-0.05, 0) is 45.6 Å². The number of rotatable bonds is 0. The van der Waals surface area contributed by atoms with Crippen LogP contribution in [0.1, 0.15) is 24.5 Å². The number of benzene rings is 2. The molecule has 0 amide bonds. The molecule has 0 saturated heterocycles. The molecule has 2 nitrogen and oxygen atoms in total. The Balaban J connectivity index is 2.31. The molecule has 2 aromatic carbocycles. The van der Waals surface area contributed by atoms with E-state index in [2.05, 4.69) is 28.1 Å². The molecule has 0 aliphatic carbocycles. The molecule has 0 radical (unpaired) electrons. The number of fused-ring (bicyclic) bond motifs is 2. The second-order valence-corrected chi connectivity index (χ2v) is 5.13. The van der Waals surface area contributed by atoms with E-state index in [9.17, 15) is 5.11 Å². The van der Waals surface area contributed by atoms with Crippen LogP contribution < -0.4 is 4.74 Å². The molecule has 0 fully saturated rings. The van der Waals surface area contributed by atoms with Crippen LogP contribution in [0.4, 0.5) is 0 Å². The van der Waals surface area contributed by atoms with Crippen LogP contribution in [-0.2, 0) is 0 Å². The Morgan fingerprint density at radius 1 is 1.29 bits per heavy atom. The highest BCUT2D eigenvalue weighted by Gasteiger charge is 2.21. The van der Waals surface area contributed by atoms with Crippen molar-refractivity contribution >= 4 is 26.7 Å². The van der Waals surface area contributed by atoms with Gasteiger partial charge in [0.05, 0.1) is 17.2 Å². The van der Waals surface area contributed by atoms with E-state index >= 15 is 0 Å². The molecule has 3 rings (SSSR count). The number of aliphatic hydroxyl groups is 1. The van der Waals surface area contributed by atoms with Gasteiger partial charge in [0.1, 0.15) is 5.75 Å². The zero-order chi connectivity index (χ0) is 11.8. The first-order valence-corrected chi connectivity index (χ1v) is 6.58. The van der Waals surface area contributed by atoms with Crippen LogP contribution in [0.5, 0.6) is 5.75 Å². The third kappa shape index (κ3) is 1.83. The summed E-state index contributed by atoms with van der Waals surface area (Å²) < 4.78 is 6.70. The Labute approximate surface area is 108 Å². The summed E-state index contributed by atoms with van der Waals surface area (Å²) in [5.41, 5.74) is 0.896. The van der Waals surface area contributed by atoms with Crippen molar-refractivity contribution in [3.8, 4) is 5.75 Å². The summed E-state index contributed by atoms with van der Waals surface area (Å²) in [5, 5.41) is 12.4. The Kier molecular flexibility index (Phi) is 2.81. The SMILES string of the molecule is O[C@H]1CCCOc2c1cc1ccccc1c2Br. The molecule has 0 bridgehead atoms. The predicted molar refractivity (Wildman–Crippen MR) is 71.3 cm³/mol. The van der Waals surface area contributed by atoms with Crippen LogP contribution in [0, 0.1) is 0 Å². The van der Waals surface area contributed by atoms with Crippen LogP contribution in [0.25, 0.3) is 10.8 Å². The molecule has 2 aromatic rings. The van der Waals surface area contributed by atoms with E-state index in [1.54, 1.807) is 0 Å². The quantitative estimate of drug-likeness (QED) is 0.800. The molecular formula is C14H13BrO2. The zero-order valence-electron chi connectivity index (χ0n) is 9.32. The molecule has 0 aromatic heterocycles. The monoisotopic (exact) mass is 292 g/mol. The first-order chi connectivity index (χ1) is 8.27. The van der Waals surface area contributed by atoms with Crippen LogP contribution in [0.3, 0.4) is 0 Å². The Bertz CT molecular complexity index is 565. The Hall–Kier alpha value is -1.06. The van der Waals surface area contributed by atoms with Crippen molar-refractivity contribution in [3.63, 3.8) is 0 Å². The molecule has 1 aliphatic rings. The van der Waals surface area contributed by atoms with Gasteiger partial charge in [0, 0.05) is 5.56 Å². The minimum Gasteiger partial charge on any atom is -0.492 e. The fourth-order valence-electron chi connectivity index (χ4n) is 2.31. The first-order valence-electron chi connectivity index (χ1n) is 5.79. The highest BCUT2D eigenvalue weighted by atomic mass is 79.9. The van der Waals surface area contributed by atoms with Gasteiger partial charge in [-0.3, -0.25) is 0 Å². The van der Waals surface area contributed by atoms with Crippen molar-refractivity contribution in [1.82, 2.24) is 0 Å². The first kappa shape index (κ1) is 11.1. The topological polar surface area (TPSA) is 29.5 Å². The predicted octanol–water partition coefficient (Wildman–Crippen LogP) is 3.81. The van der Waals surface area contributed by atoms with Gasteiger partial charge in [-0.2, -0.15) is 0 Å². The molecule has 1 aliphatic heterocycles. The second kappa shape index (κ2) is 4.31. The summed E-state index contributed by atoms with van der Waals surface area (Å²) in [5.74, 6) is 0.800. The molecule has 88 valence electrons. The molecule has 3 heteroatoms. The molecule has 17 heavy (non-hydrogen) atoms. The van der Waals surface area contributed by atoms with Gasteiger partial charge in [-0.1, -0.05) is 24.3 Å². The van der Waals surface area contributed by atoms with Crippen molar-refractivity contribution in [2.75, 3.05) is 6.61 Å². The largest absolute Gasteiger partial charge is 0.492 e. The Morgan fingerprint density at radius 3 is 3.00 bits per heavy atom. The maximum Gasteiger partial charge on any atom is 0.139 e. The number of hydrogen-bond acceptors (Lipinski definition) is 2. The van der Waals surface area contributed by atoms with Crippen LogP contribution in [0.15, 0.2) is 34.8 Å². The van der Waals surface area contributed by atoms with E-state index in [1.165, 1.54) is 0 Å². The van der Waals surface area contributed by atoms with Gasteiger partial charge >= 0.3 is 0 Å². The van der Waals surface area contributed by atoms with E-state index in [0.717, 1.165) is 39.4 Å². The van der Waals surface area contributed by atoms with Crippen molar-refractivity contribution < 1.29 is 9.84 Å². The zero-order valence-corrected chi connectivity index (χ0v) is 10.9. The summed E-state index contributed by atoms with van der Waals surface area (Å²) in [6, 6.07) is 10.2. The van der Waals surface area contributed by atoms with Gasteiger partial charge < -0.3 is 9.84 Å². The normalized spacial score (nSPS) is 19.5. The Morgan fingerprint density at radius 2 is 2.12 bits per heavy atom. The summed E-state index contributed by atoms with van der Waals surface area (Å²) >= 11 is 3.59. The van der Waals surface area contributed by atoms with Crippen molar-refractivity contribution in [3.05, 3.63) is 40.4 Å². The number of hydrogen-bond donors (Lipinski definition) is 1.